The molecule has 1 N–H and O–H groups in total. The average Bonchev–Trinajstić information content (AvgIpc) is 2.93. The largest absolute Gasteiger partial charge is 0.468 e. The summed E-state index contributed by atoms with van der Waals surface area (Å²) in [5, 5.41) is 3.37. The normalized spacial score (nSPS) is 27.4. The standard InChI is InChI=1S/C17H28N2O/c1-2-18-12-17-15(9-11-20-17)13-19-10-5-7-14-6-3-4-8-16(14)19/h9,11,14,16,18H,2-8,10,12-13H2,1H3/t14-,16-/m1/s1. The molecule has 3 rings (SSSR count). The minimum atomic E-state index is 0.833. The second kappa shape index (κ2) is 6.77. The summed E-state index contributed by atoms with van der Waals surface area (Å²) in [6.45, 7) is 6.35. The van der Waals surface area contributed by atoms with Crippen LogP contribution in [0.5, 0.6) is 0 Å². The third kappa shape index (κ3) is 3.09. The van der Waals surface area contributed by atoms with Gasteiger partial charge in [-0.1, -0.05) is 19.8 Å². The summed E-state index contributed by atoms with van der Waals surface area (Å²) < 4.78 is 5.66. The van der Waals surface area contributed by atoms with Crippen molar-refractivity contribution in [2.24, 2.45) is 5.92 Å². The van der Waals surface area contributed by atoms with Crippen molar-refractivity contribution in [1.29, 1.82) is 0 Å². The molecule has 0 spiro atoms. The second-order valence-electron chi connectivity index (χ2n) is 6.37. The molecule has 0 amide bonds. The minimum absolute atomic E-state index is 0.833. The van der Waals surface area contributed by atoms with E-state index in [-0.39, 0.29) is 0 Å². The van der Waals surface area contributed by atoms with E-state index < -0.39 is 0 Å². The zero-order valence-electron chi connectivity index (χ0n) is 12.7. The molecule has 1 aliphatic heterocycles. The summed E-state index contributed by atoms with van der Waals surface area (Å²) >= 11 is 0. The minimum Gasteiger partial charge on any atom is -0.468 e. The molecule has 0 aromatic carbocycles. The highest BCUT2D eigenvalue weighted by atomic mass is 16.3. The van der Waals surface area contributed by atoms with Gasteiger partial charge < -0.3 is 9.73 Å². The lowest BCUT2D eigenvalue weighted by atomic mass is 9.78. The van der Waals surface area contributed by atoms with Crippen molar-refractivity contribution < 1.29 is 4.42 Å². The van der Waals surface area contributed by atoms with E-state index in [1.165, 1.54) is 50.6 Å². The van der Waals surface area contributed by atoms with Crippen LogP contribution in [0.15, 0.2) is 16.7 Å². The van der Waals surface area contributed by atoms with Gasteiger partial charge in [-0.3, -0.25) is 4.90 Å². The lowest BCUT2D eigenvalue weighted by Crippen LogP contribution is -2.46. The number of likely N-dealkylation sites (tertiary alicyclic amines) is 1. The van der Waals surface area contributed by atoms with Crippen LogP contribution in [0, 0.1) is 5.92 Å². The molecule has 1 aromatic rings. The SMILES string of the molecule is CCNCc1occc1CN1CCC[C@H]2CCCC[C@H]21. The Morgan fingerprint density at radius 3 is 3.00 bits per heavy atom. The van der Waals surface area contributed by atoms with Crippen LogP contribution in [0.4, 0.5) is 0 Å². The molecule has 20 heavy (non-hydrogen) atoms. The average molecular weight is 276 g/mol. The molecule has 1 saturated heterocycles. The Bertz CT molecular complexity index is 413. The predicted molar refractivity (Wildman–Crippen MR) is 81.5 cm³/mol. The van der Waals surface area contributed by atoms with Gasteiger partial charge in [0.1, 0.15) is 5.76 Å². The molecule has 2 atom stereocenters. The lowest BCUT2D eigenvalue weighted by Gasteiger charge is -2.44. The fourth-order valence-corrected chi connectivity index (χ4v) is 4.04. The molecule has 2 fully saturated rings. The van der Waals surface area contributed by atoms with Crippen molar-refractivity contribution in [3.8, 4) is 0 Å². The predicted octanol–water partition coefficient (Wildman–Crippen LogP) is 3.54. The molecule has 3 nitrogen and oxygen atoms in total. The third-order valence-electron chi connectivity index (χ3n) is 5.10. The number of hydrogen-bond acceptors (Lipinski definition) is 3. The van der Waals surface area contributed by atoms with E-state index in [1.54, 1.807) is 0 Å². The van der Waals surface area contributed by atoms with Crippen LogP contribution in [-0.2, 0) is 13.1 Å². The maximum atomic E-state index is 5.66. The summed E-state index contributed by atoms with van der Waals surface area (Å²) in [5.74, 6) is 2.09. The third-order valence-corrected chi connectivity index (χ3v) is 5.10. The van der Waals surface area contributed by atoms with Crippen LogP contribution < -0.4 is 5.32 Å². The van der Waals surface area contributed by atoms with Gasteiger partial charge in [-0.15, -0.1) is 0 Å². The second-order valence-corrected chi connectivity index (χ2v) is 6.37. The number of fused-ring (bicyclic) bond motifs is 1. The molecule has 3 heteroatoms. The van der Waals surface area contributed by atoms with Crippen LogP contribution in [-0.4, -0.2) is 24.0 Å². The van der Waals surface area contributed by atoms with Gasteiger partial charge in [0.05, 0.1) is 12.8 Å². The highest BCUT2D eigenvalue weighted by Gasteiger charge is 2.33. The number of nitrogens with zero attached hydrogens (tertiary/aromatic N) is 1. The Morgan fingerprint density at radius 1 is 1.25 bits per heavy atom. The Morgan fingerprint density at radius 2 is 2.10 bits per heavy atom. The fraction of sp³-hybridized carbons (Fsp3) is 0.765. The Kier molecular flexibility index (Phi) is 4.79. The first-order valence-electron chi connectivity index (χ1n) is 8.38. The number of piperidine rings is 1. The van der Waals surface area contributed by atoms with Crippen molar-refractivity contribution in [1.82, 2.24) is 10.2 Å². The van der Waals surface area contributed by atoms with E-state index in [9.17, 15) is 0 Å². The molecular formula is C17H28N2O. The van der Waals surface area contributed by atoms with Crippen molar-refractivity contribution in [3.63, 3.8) is 0 Å². The molecule has 0 radical (unpaired) electrons. The van der Waals surface area contributed by atoms with Crippen molar-refractivity contribution in [2.75, 3.05) is 13.1 Å². The number of hydrogen-bond donors (Lipinski definition) is 1. The van der Waals surface area contributed by atoms with Crippen LogP contribution in [0.1, 0.15) is 56.8 Å². The van der Waals surface area contributed by atoms with Gasteiger partial charge in [-0.2, -0.15) is 0 Å². The lowest BCUT2D eigenvalue weighted by molar-refractivity contribution is 0.0542. The summed E-state index contributed by atoms with van der Waals surface area (Å²) in [4.78, 5) is 2.73. The molecule has 112 valence electrons. The summed E-state index contributed by atoms with van der Waals surface area (Å²) in [6, 6.07) is 3.00. The number of nitrogens with one attached hydrogen (secondary N) is 1. The summed E-state index contributed by atoms with van der Waals surface area (Å²) in [5.41, 5.74) is 1.39. The monoisotopic (exact) mass is 276 g/mol. The maximum Gasteiger partial charge on any atom is 0.122 e. The molecule has 0 bridgehead atoms. The Labute approximate surface area is 122 Å². The van der Waals surface area contributed by atoms with E-state index in [4.69, 9.17) is 4.42 Å². The van der Waals surface area contributed by atoms with E-state index in [0.717, 1.165) is 37.4 Å². The first-order valence-corrected chi connectivity index (χ1v) is 8.38. The van der Waals surface area contributed by atoms with Gasteiger partial charge in [-0.05, 0) is 50.8 Å². The van der Waals surface area contributed by atoms with Gasteiger partial charge in [0.2, 0.25) is 0 Å². The molecule has 2 aliphatic rings. The zero-order valence-corrected chi connectivity index (χ0v) is 12.7. The molecule has 1 saturated carbocycles. The molecule has 1 aliphatic carbocycles. The highest BCUT2D eigenvalue weighted by Crippen LogP contribution is 2.36. The van der Waals surface area contributed by atoms with E-state index in [1.807, 2.05) is 6.26 Å². The van der Waals surface area contributed by atoms with Crippen LogP contribution in [0.25, 0.3) is 0 Å². The van der Waals surface area contributed by atoms with Gasteiger partial charge in [-0.25, -0.2) is 0 Å². The van der Waals surface area contributed by atoms with Crippen molar-refractivity contribution >= 4 is 0 Å². The molecule has 0 unspecified atom stereocenters. The Hall–Kier alpha value is -0.800. The van der Waals surface area contributed by atoms with Crippen molar-refractivity contribution in [3.05, 3.63) is 23.7 Å². The van der Waals surface area contributed by atoms with Gasteiger partial charge in [0.25, 0.3) is 0 Å². The fourth-order valence-electron chi connectivity index (χ4n) is 4.04. The van der Waals surface area contributed by atoms with Gasteiger partial charge in [0.15, 0.2) is 0 Å². The molecular weight excluding hydrogens is 248 g/mol. The van der Waals surface area contributed by atoms with Gasteiger partial charge >= 0.3 is 0 Å². The molecule has 1 aromatic heterocycles. The zero-order chi connectivity index (χ0) is 13.8. The van der Waals surface area contributed by atoms with Crippen LogP contribution in [0.2, 0.25) is 0 Å². The first-order chi connectivity index (χ1) is 9.88. The van der Waals surface area contributed by atoms with Crippen LogP contribution >= 0.6 is 0 Å². The molecule has 2 heterocycles. The smallest absolute Gasteiger partial charge is 0.122 e. The summed E-state index contributed by atoms with van der Waals surface area (Å²) in [7, 11) is 0. The Balaban J connectivity index is 1.65. The first kappa shape index (κ1) is 14.2. The number of furan rings is 1. The quantitative estimate of drug-likeness (QED) is 0.891. The van der Waals surface area contributed by atoms with Crippen LogP contribution in [0.3, 0.4) is 0 Å². The van der Waals surface area contributed by atoms with E-state index in [2.05, 4.69) is 23.2 Å². The van der Waals surface area contributed by atoms with E-state index in [0.29, 0.717) is 0 Å². The van der Waals surface area contributed by atoms with Crippen molar-refractivity contribution in [2.45, 2.75) is 64.6 Å². The topological polar surface area (TPSA) is 28.4 Å². The number of rotatable bonds is 5. The van der Waals surface area contributed by atoms with E-state index >= 15 is 0 Å². The highest BCUT2D eigenvalue weighted by molar-refractivity contribution is 5.17. The summed E-state index contributed by atoms with van der Waals surface area (Å²) in [6.07, 6.45) is 10.4. The maximum absolute atomic E-state index is 5.66. The van der Waals surface area contributed by atoms with Gasteiger partial charge in [0, 0.05) is 18.2 Å².